The van der Waals surface area contributed by atoms with E-state index in [0.29, 0.717) is 59.8 Å². The van der Waals surface area contributed by atoms with Crippen LogP contribution in [0.1, 0.15) is 45.3 Å². The highest BCUT2D eigenvalue weighted by Crippen LogP contribution is 2.44. The Morgan fingerprint density at radius 1 is 0.477 bits per heavy atom. The van der Waals surface area contributed by atoms with Crippen molar-refractivity contribution < 1.29 is 94.2 Å². The van der Waals surface area contributed by atoms with Gasteiger partial charge in [-0.1, -0.05) is 32.2 Å². The molecule has 4 amide bonds. The summed E-state index contributed by atoms with van der Waals surface area (Å²) in [5.74, 6) is 5.09. The monoisotopic (exact) mass is 1670 g/mol. The molecule has 111 heavy (non-hydrogen) atoms. The minimum Gasteiger partial charge on any atom is -0.391 e. The van der Waals surface area contributed by atoms with Gasteiger partial charge in [0.15, 0.2) is 23.8 Å². The zero-order valence-electron chi connectivity index (χ0n) is 65.6. The largest absolute Gasteiger partial charge is 0.391 e. The Balaban J connectivity index is 0.000000217. The number of thiocarbonyl (C=S) groups is 1. The Morgan fingerprint density at radius 3 is 1.21 bits per heavy atom. The highest BCUT2D eigenvalue weighted by molar-refractivity contribution is 7.80. The van der Waals surface area contributed by atoms with Crippen LogP contribution < -0.4 is 43.1 Å². The number of carbonyl (C=O) groups is 3. The molecule has 9 aliphatic rings. The lowest BCUT2D eigenvalue weighted by Gasteiger charge is -2.34. The van der Waals surface area contributed by atoms with Gasteiger partial charge in [-0.2, -0.15) is 0 Å². The molecule has 9 aliphatic heterocycles. The maximum Gasteiger partial charge on any atom is 0.332 e. The lowest BCUT2D eigenvalue weighted by molar-refractivity contribution is -0.120. The molecule has 0 bridgehead atoms. The highest BCUT2D eigenvalue weighted by Gasteiger charge is 2.50. The Hall–Kier alpha value is -5.48. The van der Waals surface area contributed by atoms with E-state index in [4.69, 9.17) is 35.9 Å². The lowest BCUT2D eigenvalue weighted by atomic mass is 9.99. The molecule has 20 atom stereocenters. The summed E-state index contributed by atoms with van der Waals surface area (Å²) >= 11 is 4.99. The summed E-state index contributed by atoms with van der Waals surface area (Å²) < 4.78 is 31.1. The van der Waals surface area contributed by atoms with Crippen molar-refractivity contribution in [1.29, 1.82) is 0 Å². The normalized spacial score (nSPS) is 31.6. The molecule has 0 aromatic carbocycles. The number of aromatic nitrogens is 2. The van der Waals surface area contributed by atoms with Crippen LogP contribution in [0.15, 0.2) is 118 Å². The standard InChI is InChI=1S/C17H25N2O4P.C15H25N2O5P.C14H23N2O5P.C14H23N2O4P.C14H23N2O3PS/c1-6-7-12-10-19(11(2)18-16(12)22)17-15(21)14(20)13(23-17)8-9-24(3,4)5;1-9-16-14(21)10(8-18)7-17(9)15-13(20)12(19)11(22-15)5-6-23(2,3)4;1-15-10(17)5-7-16(14(15)20)13-12(19)11(18)9(21-13)6-8-22(2,3)4;1-8-9(7-15-14(19)16-8)13-12(18)11(17)10(20-13)5-6-21(2,3)4;1-8-9(7-15-14(21)16-8)13-12(18)11(17)10(19-13)5-6-20(2,3)4/h10,13-15,17,20-21H,2-3,8-9H2,1,4-5H3,(H,18,22);7,11-13,15,18-20H,1-2,5-6,8H2,3-4H3,(H,16,21);5,7,9,11-13,18-19H,2,6,8H2,1,3-4H3;7,10-13,17-18H,1-2,5-6H2,3-4H3,(H2,15,16,19);7,10-13,17-18H,1-2,5-6H2,3-4H3,(H2,15,16,21)/t13-,14-,15-,17?;11-,12-,13-,15?;9-,11-,12-,13?;2*10-,11-,12-,13?/m11111/s1. The van der Waals surface area contributed by atoms with Crippen molar-refractivity contribution in [2.75, 3.05) is 104 Å². The zero-order valence-corrected chi connectivity index (χ0v) is 70.9. The number of nitrogens with zero attached hydrogens (tertiary/aromatic N) is 4. The second-order valence-corrected chi connectivity index (χ2v) is 54.1. The molecular formula is C74H119N10O21P5S. The van der Waals surface area contributed by atoms with E-state index in [1.54, 1.807) is 13.1 Å². The van der Waals surface area contributed by atoms with E-state index in [-0.39, 0.29) is 40.8 Å². The number of carbonyl (C=O) groups excluding carboxylic acids is 3. The summed E-state index contributed by atoms with van der Waals surface area (Å²) in [6.45, 7) is 31.3. The molecule has 0 saturated carbocycles. The molecule has 17 N–H and O–H groups in total. The number of ether oxygens (including phenoxy) is 5. The lowest BCUT2D eigenvalue weighted by Crippen LogP contribution is -2.48. The maximum absolute atomic E-state index is 12.1. The van der Waals surface area contributed by atoms with Crippen LogP contribution in [0.4, 0.5) is 4.79 Å². The van der Waals surface area contributed by atoms with Crippen LogP contribution in [-0.2, 0) is 40.3 Å². The van der Waals surface area contributed by atoms with Gasteiger partial charge in [-0.05, 0) is 149 Å². The molecule has 37 heteroatoms. The Morgan fingerprint density at radius 2 is 0.829 bits per heavy atom. The molecule has 10 heterocycles. The third kappa shape index (κ3) is 26.3. The van der Waals surface area contributed by atoms with E-state index in [1.165, 1.54) is 47.7 Å². The summed E-state index contributed by atoms with van der Waals surface area (Å²) in [6, 6.07) is 0.846. The van der Waals surface area contributed by atoms with Gasteiger partial charge in [0, 0.05) is 66.7 Å². The van der Waals surface area contributed by atoms with Crippen LogP contribution in [0.25, 0.3) is 0 Å². The fourth-order valence-corrected chi connectivity index (χ4v) is 17.6. The fraction of sp³-hybridized carbons (Fsp3) is 0.581. The fourth-order valence-electron chi connectivity index (χ4n) is 12.6. The number of hydrogen-bond acceptors (Lipinski definition) is 24. The van der Waals surface area contributed by atoms with Gasteiger partial charge in [-0.15, -0.1) is 71.8 Å². The SMILES string of the molecule is C=C1NC(=O)C(C#CC)=CN1C1O[C@H](CCP(=C)(C)C)[C@@H](O)[C@H]1O.C=C1NC(=O)C(CO)=CN1C1O[C@H](CCP(=C)(C)C)[C@@H](O)[C@H]1O.C=C1NC(=O)NC=C1C1O[C@H](CCP(=C)(C)C)[C@@H](O)[C@H]1O.C=C1NC(=S)NC=C1C1O[C@H](CCP(=C)(C)C)[C@@H](O)[C@H]1O.C=P(C)(C)CC[C@H]1OC(n2ccc(=O)n(C)c2=O)[C@H](O)[C@@H]1O. The summed E-state index contributed by atoms with van der Waals surface area (Å²) in [7, 11) is 1.35. The van der Waals surface area contributed by atoms with Crippen molar-refractivity contribution in [2.24, 2.45) is 7.05 Å². The van der Waals surface area contributed by atoms with Crippen LogP contribution in [0.3, 0.4) is 0 Å². The number of aliphatic hydroxyl groups is 11. The van der Waals surface area contributed by atoms with Crippen LogP contribution in [0, 0.1) is 11.8 Å². The smallest absolute Gasteiger partial charge is 0.332 e. The minimum atomic E-state index is -1.27. The number of urea groups is 1. The van der Waals surface area contributed by atoms with Crippen molar-refractivity contribution in [2.45, 2.75) is 161 Å². The minimum absolute atomic E-state index is 0.135. The first kappa shape index (κ1) is 94.4. The van der Waals surface area contributed by atoms with Crippen LogP contribution in [0.2, 0.25) is 0 Å². The molecular weight excluding hydrogens is 1550 g/mol. The maximum atomic E-state index is 12.1. The topological polar surface area (TPSA) is 443 Å². The van der Waals surface area contributed by atoms with Gasteiger partial charge < -0.3 is 122 Å². The Bertz CT molecular complexity index is 4120. The number of aliphatic hydroxyl groups excluding tert-OH is 11. The molecule has 10 rings (SSSR count). The second-order valence-electron chi connectivity index (χ2n) is 32.1. The molecule has 5 unspecified atom stereocenters. The third-order valence-electron chi connectivity index (χ3n) is 19.1. The zero-order chi connectivity index (χ0) is 83.7. The molecule has 622 valence electrons. The van der Waals surface area contributed by atoms with Gasteiger partial charge >= 0.3 is 11.7 Å². The van der Waals surface area contributed by atoms with Crippen LogP contribution in [-0.4, -0.2) is 350 Å². The Kier molecular flexibility index (Phi) is 33.5. The number of rotatable bonds is 21. The molecule has 5 saturated heterocycles. The third-order valence-corrected chi connectivity index (χ3v) is 26.7. The van der Waals surface area contributed by atoms with E-state index in [9.17, 15) is 80.1 Å². The summed E-state index contributed by atoms with van der Waals surface area (Å²) in [5.41, 5.74) is 1.55. The molecule has 31 nitrogen and oxygen atoms in total. The average Bonchev–Trinajstić information content (AvgIpc) is 1.72. The first-order valence-electron chi connectivity index (χ1n) is 36.0. The molecule has 0 radical (unpaired) electrons. The predicted octanol–water partition coefficient (Wildman–Crippen LogP) is -0.345. The van der Waals surface area contributed by atoms with Crippen molar-refractivity contribution in [3.63, 3.8) is 0 Å². The van der Waals surface area contributed by atoms with E-state index in [0.717, 1.165) is 39.9 Å². The van der Waals surface area contributed by atoms with E-state index in [1.807, 2.05) is 0 Å². The molecule has 0 spiro atoms. The summed E-state index contributed by atoms with van der Waals surface area (Å²) in [4.78, 5) is 61.1. The Labute approximate surface area is 656 Å². The number of nitrogens with one attached hydrogen (secondary N) is 6. The second kappa shape index (κ2) is 39.4. The molecule has 5 fully saturated rings. The van der Waals surface area contributed by atoms with Crippen LogP contribution in [0.5, 0.6) is 0 Å². The van der Waals surface area contributed by atoms with Crippen molar-refractivity contribution >= 4 is 101 Å². The first-order chi connectivity index (χ1) is 51.3. The van der Waals surface area contributed by atoms with Gasteiger partial charge in [-0.25, -0.2) is 9.59 Å². The van der Waals surface area contributed by atoms with Gasteiger partial charge in [0.1, 0.15) is 90.5 Å². The summed E-state index contributed by atoms with van der Waals surface area (Å²) in [6.07, 6.45) is 18.6. The predicted molar refractivity (Wildman–Crippen MR) is 451 cm³/mol. The van der Waals surface area contributed by atoms with E-state index in [2.05, 4.69) is 168 Å². The van der Waals surface area contributed by atoms with Crippen molar-refractivity contribution in [3.8, 4) is 11.8 Å². The van der Waals surface area contributed by atoms with E-state index < -0.39 is 175 Å². The van der Waals surface area contributed by atoms with Gasteiger partial charge in [0.2, 0.25) is 0 Å². The quantitative estimate of drug-likeness (QED) is 0.0425. The molecule has 1 aromatic rings. The van der Waals surface area contributed by atoms with Crippen molar-refractivity contribution in [1.82, 2.24) is 50.8 Å². The molecule has 0 aliphatic carbocycles. The number of hydrogen-bond donors (Lipinski definition) is 17. The van der Waals surface area contributed by atoms with Gasteiger partial charge in [-0.3, -0.25) is 23.5 Å². The highest BCUT2D eigenvalue weighted by atomic mass is 32.1. The number of amides is 4. The van der Waals surface area contributed by atoms with E-state index >= 15 is 0 Å². The van der Waals surface area contributed by atoms with Crippen molar-refractivity contribution in [3.05, 3.63) is 130 Å². The van der Waals surface area contributed by atoms with Crippen LogP contribution >= 0.6 is 46.6 Å². The van der Waals surface area contributed by atoms with Gasteiger partial charge in [0.05, 0.1) is 42.7 Å². The van der Waals surface area contributed by atoms with Gasteiger partial charge in [0.25, 0.3) is 17.4 Å². The first-order valence-corrected chi connectivity index (χ1v) is 51.6. The summed E-state index contributed by atoms with van der Waals surface area (Å²) in [5, 5.41) is 128. The average molecular weight is 1670 g/mol. The molecule has 1 aromatic heterocycles.